The molecule has 30 heavy (non-hydrogen) atoms. The summed E-state index contributed by atoms with van der Waals surface area (Å²) in [5.41, 5.74) is 2.28. The van der Waals surface area contributed by atoms with E-state index in [0.717, 1.165) is 28.0 Å². The molecule has 152 valence electrons. The second-order valence-corrected chi connectivity index (χ2v) is 7.76. The smallest absolute Gasteiger partial charge is 0.296 e. The molecule has 2 heterocycles. The van der Waals surface area contributed by atoms with Gasteiger partial charge in [0.15, 0.2) is 11.5 Å². The van der Waals surface area contributed by atoms with Gasteiger partial charge in [-0.25, -0.2) is 0 Å². The van der Waals surface area contributed by atoms with Crippen LogP contribution in [0.4, 0.5) is 0 Å². The summed E-state index contributed by atoms with van der Waals surface area (Å²) in [7, 11) is 3.10. The van der Waals surface area contributed by atoms with Crippen LogP contribution in [0.3, 0.4) is 0 Å². The van der Waals surface area contributed by atoms with E-state index >= 15 is 0 Å². The Morgan fingerprint density at radius 3 is 2.47 bits per heavy atom. The summed E-state index contributed by atoms with van der Waals surface area (Å²) >= 11 is 1.15. The van der Waals surface area contributed by atoms with Crippen LogP contribution in [0.25, 0.3) is 11.0 Å². The minimum atomic E-state index is -0.451. The highest BCUT2D eigenvalue weighted by atomic mass is 32.1. The lowest BCUT2D eigenvalue weighted by atomic mass is 10.1. The maximum atomic E-state index is 12.8. The number of hydrogen-bond acceptors (Lipinski definition) is 7. The first kappa shape index (κ1) is 19.8. The zero-order valence-electron chi connectivity index (χ0n) is 16.7. The summed E-state index contributed by atoms with van der Waals surface area (Å²) in [4.78, 5) is 29.6. The molecule has 0 bridgehead atoms. The number of rotatable bonds is 5. The van der Waals surface area contributed by atoms with Crippen molar-refractivity contribution in [3.05, 3.63) is 90.1 Å². The van der Waals surface area contributed by atoms with Crippen LogP contribution >= 0.6 is 11.3 Å². The van der Waals surface area contributed by atoms with Gasteiger partial charge in [-0.15, -0.1) is 0 Å². The van der Waals surface area contributed by atoms with E-state index in [4.69, 9.17) is 9.47 Å². The number of aryl methyl sites for hydroxylation is 1. The van der Waals surface area contributed by atoms with Crippen LogP contribution in [0.5, 0.6) is 11.5 Å². The van der Waals surface area contributed by atoms with Crippen molar-refractivity contribution in [2.24, 2.45) is 0 Å². The minimum absolute atomic E-state index is 0.191. The Kier molecular flexibility index (Phi) is 5.33. The Bertz CT molecular complexity index is 1390. The molecule has 0 N–H and O–H groups in total. The first-order valence-electron chi connectivity index (χ1n) is 9.20. The molecule has 4 aromatic rings. The van der Waals surface area contributed by atoms with Gasteiger partial charge in [0.05, 0.1) is 18.8 Å². The zero-order chi connectivity index (χ0) is 21.3. The molecule has 0 radical (unpaired) electrons. The number of hydrogen-bond donors (Lipinski definition) is 0. The fourth-order valence-electron chi connectivity index (χ4n) is 3.05. The molecule has 0 atom stereocenters. The Labute approximate surface area is 175 Å². The van der Waals surface area contributed by atoms with Crippen molar-refractivity contribution >= 4 is 22.4 Å². The Balaban J connectivity index is 1.75. The summed E-state index contributed by atoms with van der Waals surface area (Å²) in [6.07, 6.45) is 2.00. The van der Waals surface area contributed by atoms with Gasteiger partial charge in [-0.3, -0.25) is 9.59 Å². The van der Waals surface area contributed by atoms with Crippen molar-refractivity contribution in [1.82, 2.24) is 14.6 Å². The average molecular weight is 421 g/mol. The molecule has 2 aromatic carbocycles. The van der Waals surface area contributed by atoms with Crippen LogP contribution in [0, 0.1) is 6.92 Å². The number of nitrogens with zero attached hydrogens (tertiary/aromatic N) is 3. The van der Waals surface area contributed by atoms with Gasteiger partial charge < -0.3 is 9.47 Å². The molecule has 4 rings (SSSR count). The molecule has 7 nitrogen and oxygen atoms in total. The fraction of sp³-hybridized carbons (Fsp3) is 0.182. The summed E-state index contributed by atoms with van der Waals surface area (Å²) in [5, 5.41) is 4.29. The zero-order valence-corrected chi connectivity index (χ0v) is 17.5. The molecule has 8 heteroatoms. The second kappa shape index (κ2) is 8.08. The van der Waals surface area contributed by atoms with E-state index in [9.17, 15) is 9.59 Å². The van der Waals surface area contributed by atoms with Gasteiger partial charge >= 0.3 is 0 Å². The molecular formula is C22H19N3O4S. The van der Waals surface area contributed by atoms with Crippen LogP contribution < -0.4 is 25.1 Å². The first-order chi connectivity index (χ1) is 14.5. The van der Waals surface area contributed by atoms with E-state index in [-0.39, 0.29) is 22.6 Å². The first-order valence-corrected chi connectivity index (χ1v) is 10.0. The summed E-state index contributed by atoms with van der Waals surface area (Å²) in [6.45, 7) is 2.00. The van der Waals surface area contributed by atoms with E-state index in [0.29, 0.717) is 16.0 Å². The molecule has 0 aliphatic rings. The molecule has 0 saturated heterocycles. The normalized spacial score (nSPS) is 11.8. The summed E-state index contributed by atoms with van der Waals surface area (Å²) in [6, 6.07) is 13.2. The Morgan fingerprint density at radius 2 is 1.77 bits per heavy atom. The van der Waals surface area contributed by atoms with Crippen LogP contribution in [-0.2, 0) is 6.42 Å². The van der Waals surface area contributed by atoms with Gasteiger partial charge in [-0.2, -0.15) is 14.6 Å². The Morgan fingerprint density at radius 1 is 1.03 bits per heavy atom. The van der Waals surface area contributed by atoms with E-state index in [1.807, 2.05) is 37.3 Å². The predicted octanol–water partition coefficient (Wildman–Crippen LogP) is 1.98. The van der Waals surface area contributed by atoms with Crippen LogP contribution in [-0.4, -0.2) is 28.8 Å². The van der Waals surface area contributed by atoms with Crippen LogP contribution in [0.15, 0.2) is 52.1 Å². The quantitative estimate of drug-likeness (QED) is 0.490. The van der Waals surface area contributed by atoms with Gasteiger partial charge in [0, 0.05) is 6.42 Å². The van der Waals surface area contributed by atoms with Crippen molar-refractivity contribution in [3.8, 4) is 11.5 Å². The van der Waals surface area contributed by atoms with Gasteiger partial charge in [0.25, 0.3) is 11.1 Å². The van der Waals surface area contributed by atoms with Crippen LogP contribution in [0.2, 0.25) is 0 Å². The molecule has 0 fully saturated rings. The second-order valence-electron chi connectivity index (χ2n) is 6.75. The number of aromatic nitrogens is 3. The number of methoxy groups -OCH3 is 2. The minimum Gasteiger partial charge on any atom is -0.493 e. The van der Waals surface area contributed by atoms with Crippen molar-refractivity contribution in [2.75, 3.05) is 14.2 Å². The van der Waals surface area contributed by atoms with E-state index < -0.39 is 5.56 Å². The topological polar surface area (TPSA) is 82.8 Å². The monoisotopic (exact) mass is 421 g/mol. The number of thiazole rings is 1. The largest absolute Gasteiger partial charge is 0.493 e. The number of benzene rings is 2. The highest BCUT2D eigenvalue weighted by molar-refractivity contribution is 7.15. The van der Waals surface area contributed by atoms with E-state index in [1.54, 1.807) is 32.4 Å². The molecule has 0 saturated carbocycles. The number of fused-ring (bicyclic) bond motifs is 1. The van der Waals surface area contributed by atoms with Gasteiger partial charge in [-0.05, 0) is 36.3 Å². The third-order valence-corrected chi connectivity index (χ3v) is 5.60. The molecule has 2 aromatic heterocycles. The highest BCUT2D eigenvalue weighted by Crippen LogP contribution is 2.28. The van der Waals surface area contributed by atoms with Crippen molar-refractivity contribution in [1.29, 1.82) is 0 Å². The SMILES string of the molecule is COc1ccc(Cc2nn3c(=O)/c(=C/c4ccc(C)cc4)sc3nc2=O)cc1OC. The molecule has 0 aliphatic carbocycles. The lowest BCUT2D eigenvalue weighted by Crippen LogP contribution is -2.28. The van der Waals surface area contributed by atoms with E-state index in [1.165, 1.54) is 4.52 Å². The summed E-state index contributed by atoms with van der Waals surface area (Å²) in [5.74, 6) is 1.15. The third-order valence-electron chi connectivity index (χ3n) is 4.64. The van der Waals surface area contributed by atoms with Gasteiger partial charge in [0.2, 0.25) is 4.96 Å². The lowest BCUT2D eigenvalue weighted by Gasteiger charge is -2.09. The van der Waals surface area contributed by atoms with Crippen molar-refractivity contribution in [3.63, 3.8) is 0 Å². The maximum absolute atomic E-state index is 12.8. The van der Waals surface area contributed by atoms with Gasteiger partial charge in [-0.1, -0.05) is 47.2 Å². The third kappa shape index (κ3) is 3.81. The molecular weight excluding hydrogens is 402 g/mol. The fourth-order valence-corrected chi connectivity index (χ4v) is 3.95. The molecule has 0 spiro atoms. The lowest BCUT2D eigenvalue weighted by molar-refractivity contribution is 0.354. The van der Waals surface area contributed by atoms with Crippen molar-refractivity contribution < 1.29 is 9.47 Å². The maximum Gasteiger partial charge on any atom is 0.296 e. The average Bonchev–Trinajstić information content (AvgIpc) is 3.04. The van der Waals surface area contributed by atoms with Crippen molar-refractivity contribution in [2.45, 2.75) is 13.3 Å². The molecule has 0 aliphatic heterocycles. The van der Waals surface area contributed by atoms with E-state index in [2.05, 4.69) is 10.1 Å². The number of ether oxygens (including phenoxy) is 2. The summed E-state index contributed by atoms with van der Waals surface area (Å²) < 4.78 is 12.2. The Hall–Kier alpha value is -3.52. The standard InChI is InChI=1S/C22H19N3O4S/c1-13-4-6-14(7-5-13)12-19-21(27)25-22(30-19)23-20(26)16(24-25)10-15-8-9-17(28-2)18(11-15)29-3/h4-9,11-12H,10H2,1-3H3/b19-12-. The van der Waals surface area contributed by atoms with Gasteiger partial charge in [0.1, 0.15) is 5.69 Å². The molecule has 0 amide bonds. The predicted molar refractivity (Wildman–Crippen MR) is 116 cm³/mol. The molecule has 0 unspecified atom stereocenters. The highest BCUT2D eigenvalue weighted by Gasteiger charge is 2.13. The van der Waals surface area contributed by atoms with Crippen LogP contribution in [0.1, 0.15) is 22.4 Å².